The fourth-order valence-electron chi connectivity index (χ4n) is 2.56. The van der Waals surface area contributed by atoms with Crippen molar-refractivity contribution < 1.29 is 4.79 Å². The van der Waals surface area contributed by atoms with Crippen LogP contribution in [-0.2, 0) is 4.79 Å². The summed E-state index contributed by atoms with van der Waals surface area (Å²) in [7, 11) is 0. The molecule has 100 valence electrons. The summed E-state index contributed by atoms with van der Waals surface area (Å²) in [6.45, 7) is 4.12. The Labute approximate surface area is 113 Å². The van der Waals surface area contributed by atoms with Crippen LogP contribution in [-0.4, -0.2) is 11.9 Å². The van der Waals surface area contributed by atoms with Crippen LogP contribution in [0.2, 0.25) is 0 Å². The first-order chi connectivity index (χ1) is 8.58. The minimum absolute atomic E-state index is 0.00209. The van der Waals surface area contributed by atoms with Gasteiger partial charge in [0, 0.05) is 15.8 Å². The van der Waals surface area contributed by atoms with Gasteiger partial charge in [0.25, 0.3) is 0 Å². The van der Waals surface area contributed by atoms with Crippen molar-refractivity contribution in [3.63, 3.8) is 0 Å². The summed E-state index contributed by atoms with van der Waals surface area (Å²) < 4.78 is 0. The van der Waals surface area contributed by atoms with Gasteiger partial charge >= 0.3 is 0 Å². The van der Waals surface area contributed by atoms with E-state index >= 15 is 0 Å². The molecule has 0 spiro atoms. The van der Waals surface area contributed by atoms with Crippen molar-refractivity contribution in [1.29, 1.82) is 0 Å². The summed E-state index contributed by atoms with van der Waals surface area (Å²) in [6, 6.07) is 4.31. The smallest absolute Gasteiger partial charge is 0.225 e. The fourth-order valence-corrected chi connectivity index (χ4v) is 3.44. The van der Waals surface area contributed by atoms with E-state index in [0.29, 0.717) is 0 Å². The van der Waals surface area contributed by atoms with E-state index in [9.17, 15) is 4.79 Å². The third-order valence-electron chi connectivity index (χ3n) is 3.70. The van der Waals surface area contributed by atoms with Gasteiger partial charge in [-0.05, 0) is 38.8 Å². The van der Waals surface area contributed by atoms with E-state index in [1.54, 1.807) is 11.3 Å². The maximum atomic E-state index is 12.2. The molecule has 3 atom stereocenters. The molecular weight excluding hydrogens is 244 g/mol. The third kappa shape index (κ3) is 3.12. The van der Waals surface area contributed by atoms with Crippen molar-refractivity contribution >= 4 is 17.2 Å². The summed E-state index contributed by atoms with van der Waals surface area (Å²) in [5.74, 6) is 0.128. The minimum atomic E-state index is 0.00209. The van der Waals surface area contributed by atoms with Gasteiger partial charge in [0.2, 0.25) is 5.91 Å². The van der Waals surface area contributed by atoms with Gasteiger partial charge in [0.15, 0.2) is 0 Å². The molecule has 0 radical (unpaired) electrons. The molecule has 3 N–H and O–H groups in total. The Hall–Kier alpha value is -0.870. The Balaban J connectivity index is 1.94. The lowest BCUT2D eigenvalue weighted by molar-refractivity contribution is -0.127. The van der Waals surface area contributed by atoms with Gasteiger partial charge < -0.3 is 11.1 Å². The first-order valence-corrected chi connectivity index (χ1v) is 7.52. The number of carbonyl (C=O) groups is 1. The highest BCUT2D eigenvalue weighted by molar-refractivity contribution is 7.12. The maximum Gasteiger partial charge on any atom is 0.225 e. The molecule has 1 saturated carbocycles. The number of thiophene rings is 1. The zero-order valence-electron chi connectivity index (χ0n) is 11.1. The fraction of sp³-hybridized carbons (Fsp3) is 0.643. The quantitative estimate of drug-likeness (QED) is 0.884. The molecular formula is C14H22N2OS. The standard InChI is InChI=1S/C14H22N2OS/c1-9-7-8-13(18-9)10(2)16-14(17)11-5-3-4-6-12(11)15/h7-8,10-12H,3-6,15H2,1-2H3,(H,16,17). The van der Waals surface area contributed by atoms with Crippen LogP contribution >= 0.6 is 11.3 Å². The van der Waals surface area contributed by atoms with Crippen LogP contribution in [0.3, 0.4) is 0 Å². The van der Waals surface area contributed by atoms with Gasteiger partial charge in [-0.15, -0.1) is 11.3 Å². The molecule has 1 aromatic rings. The molecule has 1 aromatic heterocycles. The average Bonchev–Trinajstić information content (AvgIpc) is 2.76. The van der Waals surface area contributed by atoms with E-state index in [2.05, 4.69) is 24.4 Å². The Kier molecular flexibility index (Phi) is 4.40. The van der Waals surface area contributed by atoms with Crippen LogP contribution in [0.5, 0.6) is 0 Å². The van der Waals surface area contributed by atoms with Crippen LogP contribution in [0.1, 0.15) is 48.4 Å². The Morgan fingerprint density at radius 3 is 2.78 bits per heavy atom. The highest BCUT2D eigenvalue weighted by atomic mass is 32.1. The monoisotopic (exact) mass is 266 g/mol. The molecule has 3 nitrogen and oxygen atoms in total. The largest absolute Gasteiger partial charge is 0.348 e. The molecule has 1 aliphatic rings. The number of amides is 1. The normalized spacial score (nSPS) is 25.7. The molecule has 1 heterocycles. The Morgan fingerprint density at radius 1 is 1.44 bits per heavy atom. The number of rotatable bonds is 3. The lowest BCUT2D eigenvalue weighted by Crippen LogP contribution is -2.44. The predicted molar refractivity (Wildman–Crippen MR) is 75.5 cm³/mol. The van der Waals surface area contributed by atoms with Gasteiger partial charge in [0.05, 0.1) is 12.0 Å². The van der Waals surface area contributed by atoms with E-state index < -0.39 is 0 Å². The minimum Gasteiger partial charge on any atom is -0.348 e. The van der Waals surface area contributed by atoms with Crippen LogP contribution in [0.4, 0.5) is 0 Å². The van der Waals surface area contributed by atoms with E-state index in [4.69, 9.17) is 5.73 Å². The van der Waals surface area contributed by atoms with Gasteiger partial charge in [0.1, 0.15) is 0 Å². The van der Waals surface area contributed by atoms with Crippen LogP contribution in [0.15, 0.2) is 12.1 Å². The van der Waals surface area contributed by atoms with Gasteiger partial charge in [-0.3, -0.25) is 4.79 Å². The summed E-state index contributed by atoms with van der Waals surface area (Å²) in [5.41, 5.74) is 6.04. The number of aryl methyl sites for hydroxylation is 1. The van der Waals surface area contributed by atoms with Gasteiger partial charge in [-0.1, -0.05) is 12.8 Å². The lowest BCUT2D eigenvalue weighted by Gasteiger charge is -2.28. The molecule has 1 aliphatic carbocycles. The third-order valence-corrected chi connectivity index (χ3v) is 4.89. The maximum absolute atomic E-state index is 12.2. The van der Waals surface area contributed by atoms with Crippen molar-refractivity contribution in [2.45, 2.75) is 51.6 Å². The highest BCUT2D eigenvalue weighted by Gasteiger charge is 2.29. The molecule has 4 heteroatoms. The second kappa shape index (κ2) is 5.85. The number of nitrogens with two attached hydrogens (primary N) is 1. The van der Waals surface area contributed by atoms with Crippen LogP contribution < -0.4 is 11.1 Å². The van der Waals surface area contributed by atoms with E-state index in [-0.39, 0.29) is 23.9 Å². The lowest BCUT2D eigenvalue weighted by atomic mass is 9.84. The first kappa shape index (κ1) is 13.6. The van der Waals surface area contributed by atoms with Crippen molar-refractivity contribution in [3.8, 4) is 0 Å². The topological polar surface area (TPSA) is 55.1 Å². The number of hydrogen-bond donors (Lipinski definition) is 2. The zero-order chi connectivity index (χ0) is 13.1. The van der Waals surface area contributed by atoms with Crippen molar-refractivity contribution in [2.75, 3.05) is 0 Å². The first-order valence-electron chi connectivity index (χ1n) is 6.70. The summed E-state index contributed by atoms with van der Waals surface area (Å²) in [6.07, 6.45) is 4.19. The predicted octanol–water partition coefficient (Wildman–Crippen LogP) is 2.75. The van der Waals surface area contributed by atoms with E-state index in [1.165, 1.54) is 9.75 Å². The van der Waals surface area contributed by atoms with Crippen molar-refractivity contribution in [3.05, 3.63) is 21.9 Å². The molecule has 1 fully saturated rings. The molecule has 0 saturated heterocycles. The van der Waals surface area contributed by atoms with Crippen molar-refractivity contribution in [1.82, 2.24) is 5.32 Å². The summed E-state index contributed by atoms with van der Waals surface area (Å²) >= 11 is 1.74. The van der Waals surface area contributed by atoms with Gasteiger partial charge in [-0.2, -0.15) is 0 Å². The van der Waals surface area contributed by atoms with E-state index in [0.717, 1.165) is 25.7 Å². The van der Waals surface area contributed by atoms with E-state index in [1.807, 2.05) is 6.92 Å². The molecule has 3 unspecified atom stereocenters. The summed E-state index contributed by atoms with van der Waals surface area (Å²) in [5, 5.41) is 3.10. The molecule has 18 heavy (non-hydrogen) atoms. The highest BCUT2D eigenvalue weighted by Crippen LogP contribution is 2.26. The zero-order valence-corrected chi connectivity index (χ0v) is 11.9. The number of carbonyl (C=O) groups excluding carboxylic acids is 1. The van der Waals surface area contributed by atoms with Crippen LogP contribution in [0, 0.1) is 12.8 Å². The molecule has 0 aliphatic heterocycles. The molecule has 1 amide bonds. The van der Waals surface area contributed by atoms with Crippen LogP contribution in [0.25, 0.3) is 0 Å². The summed E-state index contributed by atoms with van der Waals surface area (Å²) in [4.78, 5) is 14.7. The van der Waals surface area contributed by atoms with Crippen molar-refractivity contribution in [2.24, 2.45) is 11.7 Å². The number of hydrogen-bond acceptors (Lipinski definition) is 3. The molecule has 2 rings (SSSR count). The number of nitrogens with one attached hydrogen (secondary N) is 1. The molecule has 0 aromatic carbocycles. The molecule has 0 bridgehead atoms. The second-order valence-electron chi connectivity index (χ2n) is 5.23. The average molecular weight is 266 g/mol. The SMILES string of the molecule is Cc1ccc(C(C)NC(=O)C2CCCCC2N)s1. The van der Waals surface area contributed by atoms with Gasteiger partial charge in [-0.25, -0.2) is 0 Å². The Bertz CT molecular complexity index is 416. The Morgan fingerprint density at radius 2 is 2.17 bits per heavy atom. The second-order valence-corrected chi connectivity index (χ2v) is 6.55.